The molecule has 1 aromatic carbocycles. The molecule has 3 fully saturated rings. The van der Waals surface area contributed by atoms with Crippen molar-refractivity contribution in [3.8, 4) is 0 Å². The zero-order valence-corrected chi connectivity index (χ0v) is 17.6. The molecule has 1 amide bonds. The van der Waals surface area contributed by atoms with Crippen molar-refractivity contribution in [3.63, 3.8) is 0 Å². The van der Waals surface area contributed by atoms with Crippen LogP contribution < -0.4 is 10.2 Å². The fourth-order valence-corrected chi connectivity index (χ4v) is 4.61. The van der Waals surface area contributed by atoms with Gasteiger partial charge >= 0.3 is 0 Å². The first-order valence-corrected chi connectivity index (χ1v) is 11.0. The number of hydrogen-bond donors (Lipinski definition) is 1. The Kier molecular flexibility index (Phi) is 5.54. The van der Waals surface area contributed by atoms with Crippen molar-refractivity contribution in [2.45, 2.75) is 18.9 Å². The number of amides is 1. The van der Waals surface area contributed by atoms with Crippen LogP contribution in [0, 0.1) is 0 Å². The number of aromatic nitrogens is 2. The van der Waals surface area contributed by atoms with E-state index < -0.39 is 0 Å². The third-order valence-corrected chi connectivity index (χ3v) is 6.47. The first-order chi connectivity index (χ1) is 14.7. The van der Waals surface area contributed by atoms with Gasteiger partial charge in [0.2, 0.25) is 0 Å². The molecule has 0 saturated carbocycles. The number of ether oxygens (including phenoxy) is 1. The highest BCUT2D eigenvalue weighted by atomic mass is 16.5. The van der Waals surface area contributed by atoms with Crippen molar-refractivity contribution in [2.75, 3.05) is 71.0 Å². The normalized spacial score (nSPS) is 23.3. The van der Waals surface area contributed by atoms with Gasteiger partial charge in [-0.3, -0.25) is 9.78 Å². The lowest BCUT2D eigenvalue weighted by atomic mass is 9.99. The Hall–Kier alpha value is -2.29. The molecule has 3 saturated heterocycles. The number of piperazine rings is 1. The highest BCUT2D eigenvalue weighted by Crippen LogP contribution is 2.31. The minimum Gasteiger partial charge on any atom is -0.378 e. The van der Waals surface area contributed by atoms with Gasteiger partial charge in [-0.2, -0.15) is 0 Å². The van der Waals surface area contributed by atoms with Gasteiger partial charge in [0.25, 0.3) is 5.91 Å². The van der Waals surface area contributed by atoms with E-state index in [9.17, 15) is 4.79 Å². The van der Waals surface area contributed by atoms with Gasteiger partial charge in [-0.25, -0.2) is 4.98 Å². The molecule has 8 heteroatoms. The van der Waals surface area contributed by atoms with E-state index in [1.54, 1.807) is 0 Å². The summed E-state index contributed by atoms with van der Waals surface area (Å²) >= 11 is 0. The van der Waals surface area contributed by atoms with E-state index in [0.717, 1.165) is 99.8 Å². The number of likely N-dealkylation sites (N-methyl/N-ethyl adjacent to an activating group) is 1. The van der Waals surface area contributed by atoms with Crippen LogP contribution in [0.25, 0.3) is 11.0 Å². The van der Waals surface area contributed by atoms with Crippen molar-refractivity contribution in [2.24, 2.45) is 0 Å². The van der Waals surface area contributed by atoms with Crippen LogP contribution in [0.5, 0.6) is 0 Å². The first kappa shape index (κ1) is 19.7. The van der Waals surface area contributed by atoms with Crippen molar-refractivity contribution < 1.29 is 9.53 Å². The fraction of sp³-hybridized carbons (Fsp3) is 0.591. The molecule has 160 valence electrons. The fourth-order valence-electron chi connectivity index (χ4n) is 4.61. The van der Waals surface area contributed by atoms with E-state index in [1.165, 1.54) is 0 Å². The second-order valence-electron chi connectivity index (χ2n) is 8.51. The van der Waals surface area contributed by atoms with E-state index in [2.05, 4.69) is 28.2 Å². The number of rotatable bonds is 3. The van der Waals surface area contributed by atoms with Gasteiger partial charge in [0.05, 0.1) is 30.4 Å². The number of nitrogens with one attached hydrogen (secondary N) is 1. The molecule has 2 aromatic rings. The van der Waals surface area contributed by atoms with Crippen LogP contribution >= 0.6 is 0 Å². The molecule has 0 spiro atoms. The second-order valence-corrected chi connectivity index (χ2v) is 8.51. The molecule has 0 aliphatic carbocycles. The Balaban J connectivity index is 1.52. The summed E-state index contributed by atoms with van der Waals surface area (Å²) in [6, 6.07) is 4.20. The quantitative estimate of drug-likeness (QED) is 0.817. The van der Waals surface area contributed by atoms with Gasteiger partial charge in [0, 0.05) is 50.9 Å². The molecule has 4 heterocycles. The van der Waals surface area contributed by atoms with Crippen LogP contribution in [0.4, 0.5) is 5.82 Å². The van der Waals surface area contributed by atoms with Crippen molar-refractivity contribution >= 4 is 22.8 Å². The molecule has 0 radical (unpaired) electrons. The number of carbonyl (C=O) groups is 1. The van der Waals surface area contributed by atoms with Crippen LogP contribution in [0.1, 0.15) is 34.8 Å². The Morgan fingerprint density at radius 3 is 2.67 bits per heavy atom. The zero-order valence-electron chi connectivity index (χ0n) is 17.6. The maximum absolute atomic E-state index is 13.2. The van der Waals surface area contributed by atoms with Gasteiger partial charge in [-0.1, -0.05) is 0 Å². The number of fused-ring (bicyclic) bond motifs is 1. The summed E-state index contributed by atoms with van der Waals surface area (Å²) in [6.45, 7) is 7.47. The molecule has 1 unspecified atom stereocenters. The second kappa shape index (κ2) is 8.45. The highest BCUT2D eigenvalue weighted by molar-refractivity contribution is 5.98. The molecular weight excluding hydrogens is 380 g/mol. The van der Waals surface area contributed by atoms with E-state index in [4.69, 9.17) is 14.7 Å². The van der Waals surface area contributed by atoms with Gasteiger partial charge in [-0.05, 0) is 44.1 Å². The Morgan fingerprint density at radius 1 is 1.13 bits per heavy atom. The largest absolute Gasteiger partial charge is 0.378 e. The summed E-state index contributed by atoms with van der Waals surface area (Å²) in [4.78, 5) is 29.4. The maximum atomic E-state index is 13.2. The maximum Gasteiger partial charge on any atom is 0.254 e. The minimum atomic E-state index is 0.100. The molecular formula is C22H30N6O2. The summed E-state index contributed by atoms with van der Waals surface area (Å²) in [5, 5.41) is 3.58. The Labute approximate surface area is 177 Å². The number of benzene rings is 1. The van der Waals surface area contributed by atoms with Crippen LogP contribution in [-0.2, 0) is 4.74 Å². The third kappa shape index (κ3) is 3.87. The number of nitrogens with zero attached hydrogens (tertiary/aromatic N) is 5. The Morgan fingerprint density at radius 2 is 1.93 bits per heavy atom. The molecule has 30 heavy (non-hydrogen) atoms. The Bertz CT molecular complexity index is 915. The lowest BCUT2D eigenvalue weighted by Gasteiger charge is -2.32. The number of hydrogen-bond acceptors (Lipinski definition) is 7. The standard InChI is InChI=1S/C22H30N6O2/c1-26-5-7-28(8-6-26)22(29)16-13-17(18-3-2-4-23-18)21-19(14-16)24-15-20(25-21)27-9-11-30-12-10-27/h13-15,18,23H,2-12H2,1H3. The SMILES string of the molecule is CN1CCN(C(=O)c2cc(C3CCCN3)c3nc(N4CCOCC4)cnc3c2)CC1. The lowest BCUT2D eigenvalue weighted by molar-refractivity contribution is 0.0664. The molecule has 5 rings (SSSR count). The summed E-state index contributed by atoms with van der Waals surface area (Å²) in [7, 11) is 2.10. The molecule has 0 bridgehead atoms. The van der Waals surface area contributed by atoms with Crippen LogP contribution in [0.15, 0.2) is 18.3 Å². The molecule has 1 aromatic heterocycles. The number of morpholine rings is 1. The van der Waals surface area contributed by atoms with Crippen LogP contribution in [-0.4, -0.2) is 91.7 Å². The van der Waals surface area contributed by atoms with Crippen molar-refractivity contribution in [3.05, 3.63) is 29.5 Å². The molecule has 3 aliphatic heterocycles. The predicted molar refractivity (Wildman–Crippen MR) is 116 cm³/mol. The predicted octanol–water partition coefficient (Wildman–Crippen LogP) is 1.28. The van der Waals surface area contributed by atoms with Crippen LogP contribution in [0.3, 0.4) is 0 Å². The smallest absolute Gasteiger partial charge is 0.254 e. The van der Waals surface area contributed by atoms with Gasteiger partial charge in [0.1, 0.15) is 5.82 Å². The summed E-state index contributed by atoms with van der Waals surface area (Å²) < 4.78 is 5.48. The zero-order chi connectivity index (χ0) is 20.5. The van der Waals surface area contributed by atoms with Crippen LogP contribution in [0.2, 0.25) is 0 Å². The van der Waals surface area contributed by atoms with E-state index in [0.29, 0.717) is 0 Å². The first-order valence-electron chi connectivity index (χ1n) is 11.0. The molecule has 3 aliphatic rings. The lowest BCUT2D eigenvalue weighted by Crippen LogP contribution is -2.47. The summed E-state index contributed by atoms with van der Waals surface area (Å²) in [6.07, 6.45) is 4.04. The monoisotopic (exact) mass is 410 g/mol. The number of carbonyl (C=O) groups excluding carboxylic acids is 1. The van der Waals surface area contributed by atoms with Crippen molar-refractivity contribution in [1.82, 2.24) is 25.1 Å². The highest BCUT2D eigenvalue weighted by Gasteiger charge is 2.26. The molecule has 1 atom stereocenters. The minimum absolute atomic E-state index is 0.100. The van der Waals surface area contributed by atoms with Gasteiger partial charge in [0.15, 0.2) is 0 Å². The van der Waals surface area contributed by atoms with E-state index in [-0.39, 0.29) is 11.9 Å². The average Bonchev–Trinajstić information content (AvgIpc) is 3.33. The van der Waals surface area contributed by atoms with Gasteiger partial charge < -0.3 is 24.8 Å². The average molecular weight is 411 g/mol. The molecule has 1 N–H and O–H groups in total. The summed E-state index contributed by atoms with van der Waals surface area (Å²) in [5.74, 6) is 0.992. The molecule has 8 nitrogen and oxygen atoms in total. The topological polar surface area (TPSA) is 73.8 Å². The number of anilines is 1. The van der Waals surface area contributed by atoms with E-state index >= 15 is 0 Å². The van der Waals surface area contributed by atoms with Crippen molar-refractivity contribution in [1.29, 1.82) is 0 Å². The summed E-state index contributed by atoms with van der Waals surface area (Å²) in [5.41, 5.74) is 3.54. The third-order valence-electron chi connectivity index (χ3n) is 6.47. The van der Waals surface area contributed by atoms with Gasteiger partial charge in [-0.15, -0.1) is 0 Å². The van der Waals surface area contributed by atoms with E-state index in [1.807, 2.05) is 17.2 Å².